The van der Waals surface area contributed by atoms with E-state index in [0.717, 1.165) is 0 Å². The third kappa shape index (κ3) is 4.43. The first-order valence-electron chi connectivity index (χ1n) is 6.70. The van der Waals surface area contributed by atoms with Gasteiger partial charge in [0.05, 0.1) is 10.6 Å². The van der Waals surface area contributed by atoms with Gasteiger partial charge in [-0.2, -0.15) is 0 Å². The summed E-state index contributed by atoms with van der Waals surface area (Å²) >= 11 is 11.5. The molecule has 24 heavy (non-hydrogen) atoms. The van der Waals surface area contributed by atoms with Crippen molar-refractivity contribution in [2.45, 2.75) is 13.0 Å². The number of halogens is 4. The molecular weight excluding hydrogens is 363 g/mol. The van der Waals surface area contributed by atoms with Gasteiger partial charge >= 0.3 is 5.97 Å². The van der Waals surface area contributed by atoms with Crippen LogP contribution >= 0.6 is 23.2 Å². The highest BCUT2D eigenvalue weighted by atomic mass is 35.5. The second-order valence-corrected chi connectivity index (χ2v) is 5.64. The van der Waals surface area contributed by atoms with E-state index in [1.54, 1.807) is 18.2 Å². The van der Waals surface area contributed by atoms with Gasteiger partial charge in [-0.25, -0.2) is 13.6 Å². The van der Waals surface area contributed by atoms with Crippen molar-refractivity contribution >= 4 is 40.8 Å². The highest BCUT2D eigenvalue weighted by Gasteiger charge is 2.22. The molecule has 0 radical (unpaired) electrons. The number of anilines is 1. The molecule has 1 amide bonds. The number of ether oxygens (including phenoxy) is 1. The van der Waals surface area contributed by atoms with Crippen molar-refractivity contribution in [2.24, 2.45) is 0 Å². The van der Waals surface area contributed by atoms with Crippen LogP contribution in [0.2, 0.25) is 10.0 Å². The third-order valence-electron chi connectivity index (χ3n) is 2.98. The van der Waals surface area contributed by atoms with Gasteiger partial charge in [-0.1, -0.05) is 29.3 Å². The molecule has 2 rings (SSSR count). The third-order valence-corrected chi connectivity index (χ3v) is 3.52. The van der Waals surface area contributed by atoms with Gasteiger partial charge in [-0.05, 0) is 37.3 Å². The summed E-state index contributed by atoms with van der Waals surface area (Å²) in [5.74, 6) is -4.11. The van der Waals surface area contributed by atoms with Crippen molar-refractivity contribution in [1.29, 1.82) is 0 Å². The van der Waals surface area contributed by atoms with Gasteiger partial charge in [0.25, 0.3) is 5.91 Å². The molecule has 0 bridgehead atoms. The van der Waals surface area contributed by atoms with Crippen molar-refractivity contribution in [3.8, 4) is 0 Å². The average molecular weight is 374 g/mol. The topological polar surface area (TPSA) is 55.4 Å². The summed E-state index contributed by atoms with van der Waals surface area (Å²) in [7, 11) is 0. The normalized spacial score (nSPS) is 11.7. The first-order valence-corrected chi connectivity index (χ1v) is 7.45. The molecule has 0 heterocycles. The molecule has 0 unspecified atom stereocenters. The Morgan fingerprint density at radius 1 is 1.12 bits per heavy atom. The molecule has 2 aromatic rings. The summed E-state index contributed by atoms with van der Waals surface area (Å²) in [6.07, 6.45) is -1.19. The van der Waals surface area contributed by atoms with Gasteiger partial charge in [0.15, 0.2) is 17.7 Å². The Kier molecular flexibility index (Phi) is 5.75. The van der Waals surface area contributed by atoms with Crippen molar-refractivity contribution < 1.29 is 23.1 Å². The zero-order chi connectivity index (χ0) is 17.9. The molecule has 0 aliphatic rings. The molecule has 0 fully saturated rings. The summed E-state index contributed by atoms with van der Waals surface area (Å²) in [6, 6.07) is 7.65. The predicted molar refractivity (Wildman–Crippen MR) is 86.3 cm³/mol. The Bertz CT molecular complexity index is 799. The number of nitrogens with one attached hydrogen (secondary N) is 1. The van der Waals surface area contributed by atoms with Crippen LogP contribution in [0.15, 0.2) is 36.4 Å². The number of benzene rings is 2. The second-order valence-electron chi connectivity index (χ2n) is 4.79. The number of esters is 1. The number of amides is 1. The lowest BCUT2D eigenvalue weighted by Crippen LogP contribution is -2.30. The molecule has 126 valence electrons. The van der Waals surface area contributed by atoms with Crippen LogP contribution in [-0.4, -0.2) is 18.0 Å². The second kappa shape index (κ2) is 7.59. The van der Waals surface area contributed by atoms with Gasteiger partial charge in [0, 0.05) is 10.7 Å². The van der Waals surface area contributed by atoms with E-state index < -0.39 is 29.6 Å². The Labute approximate surface area is 146 Å². The highest BCUT2D eigenvalue weighted by Crippen LogP contribution is 2.21. The van der Waals surface area contributed by atoms with E-state index in [1.165, 1.54) is 13.0 Å². The largest absolute Gasteiger partial charge is 0.449 e. The summed E-state index contributed by atoms with van der Waals surface area (Å²) < 4.78 is 31.1. The fourth-order valence-electron chi connectivity index (χ4n) is 1.77. The Balaban J connectivity index is 2.06. The molecule has 1 atom stereocenters. The number of rotatable bonds is 4. The number of carbonyl (C=O) groups is 2. The number of carbonyl (C=O) groups excluding carboxylic acids is 2. The Hall–Kier alpha value is -2.18. The molecule has 0 aromatic heterocycles. The number of hydrogen-bond acceptors (Lipinski definition) is 3. The minimum absolute atomic E-state index is 0.318. The lowest BCUT2D eigenvalue weighted by Gasteiger charge is -2.14. The fourth-order valence-corrected chi connectivity index (χ4v) is 2.18. The zero-order valence-electron chi connectivity index (χ0n) is 12.3. The van der Waals surface area contributed by atoms with Gasteiger partial charge in [-0.15, -0.1) is 0 Å². The van der Waals surface area contributed by atoms with Crippen molar-refractivity contribution in [1.82, 2.24) is 0 Å². The lowest BCUT2D eigenvalue weighted by atomic mass is 10.2. The SMILES string of the molecule is C[C@H](OC(=O)c1cc(F)c(F)cc1Cl)C(=O)Nc1cccc(Cl)c1. The molecule has 8 heteroatoms. The molecule has 0 aliphatic heterocycles. The van der Waals surface area contributed by atoms with Gasteiger partial charge < -0.3 is 10.1 Å². The van der Waals surface area contributed by atoms with Crippen molar-refractivity contribution in [3.05, 3.63) is 63.6 Å². The fraction of sp³-hybridized carbons (Fsp3) is 0.125. The first kappa shape index (κ1) is 18.2. The van der Waals surface area contributed by atoms with Crippen molar-refractivity contribution in [2.75, 3.05) is 5.32 Å². The van der Waals surface area contributed by atoms with Crippen LogP contribution in [0.3, 0.4) is 0 Å². The van der Waals surface area contributed by atoms with Gasteiger partial charge in [0.2, 0.25) is 0 Å². The van der Waals surface area contributed by atoms with E-state index in [2.05, 4.69) is 5.32 Å². The smallest absolute Gasteiger partial charge is 0.340 e. The monoisotopic (exact) mass is 373 g/mol. The highest BCUT2D eigenvalue weighted by molar-refractivity contribution is 6.33. The van der Waals surface area contributed by atoms with Crippen LogP contribution in [0.4, 0.5) is 14.5 Å². The van der Waals surface area contributed by atoms with Crippen LogP contribution < -0.4 is 5.32 Å². The van der Waals surface area contributed by atoms with Crippen LogP contribution in [0.25, 0.3) is 0 Å². The molecule has 2 aromatic carbocycles. The summed E-state index contributed by atoms with van der Waals surface area (Å²) in [4.78, 5) is 24.0. The van der Waals surface area contributed by atoms with E-state index >= 15 is 0 Å². The standard InChI is InChI=1S/C16H11Cl2F2NO3/c1-8(15(22)21-10-4-2-3-9(17)5-10)24-16(23)11-6-13(19)14(20)7-12(11)18/h2-8H,1H3,(H,21,22)/t8-/m0/s1. The van der Waals surface area contributed by atoms with Gasteiger partial charge in [0.1, 0.15) is 0 Å². The summed E-state index contributed by atoms with van der Waals surface area (Å²) in [5.41, 5.74) is 0.0410. The molecule has 0 spiro atoms. The molecule has 0 saturated carbocycles. The molecular formula is C16H11Cl2F2NO3. The molecule has 4 nitrogen and oxygen atoms in total. The summed E-state index contributed by atoms with van der Waals surface area (Å²) in [6.45, 7) is 1.32. The van der Waals surface area contributed by atoms with E-state index in [0.29, 0.717) is 22.8 Å². The van der Waals surface area contributed by atoms with Crippen LogP contribution in [-0.2, 0) is 9.53 Å². The van der Waals surface area contributed by atoms with E-state index in [-0.39, 0.29) is 10.6 Å². The lowest BCUT2D eigenvalue weighted by molar-refractivity contribution is -0.123. The first-order chi connectivity index (χ1) is 11.3. The minimum Gasteiger partial charge on any atom is -0.449 e. The van der Waals surface area contributed by atoms with Crippen molar-refractivity contribution in [3.63, 3.8) is 0 Å². The molecule has 0 saturated heterocycles. The van der Waals surface area contributed by atoms with Gasteiger partial charge in [-0.3, -0.25) is 4.79 Å². The predicted octanol–water partition coefficient (Wildman–Crippen LogP) is 4.46. The molecule has 1 N–H and O–H groups in total. The van der Waals surface area contributed by atoms with E-state index in [4.69, 9.17) is 27.9 Å². The van der Waals surface area contributed by atoms with E-state index in [1.807, 2.05) is 0 Å². The Morgan fingerprint density at radius 3 is 2.46 bits per heavy atom. The minimum atomic E-state index is -1.25. The van der Waals surface area contributed by atoms with E-state index in [9.17, 15) is 18.4 Å². The zero-order valence-corrected chi connectivity index (χ0v) is 13.8. The van der Waals surface area contributed by atoms with Crippen LogP contribution in [0, 0.1) is 11.6 Å². The maximum atomic E-state index is 13.2. The molecule has 0 aliphatic carbocycles. The summed E-state index contributed by atoms with van der Waals surface area (Å²) in [5, 5.41) is 2.61. The van der Waals surface area contributed by atoms with Crippen LogP contribution in [0.1, 0.15) is 17.3 Å². The number of hydrogen-bond donors (Lipinski definition) is 1. The average Bonchev–Trinajstić information content (AvgIpc) is 2.50. The maximum absolute atomic E-state index is 13.2. The Morgan fingerprint density at radius 2 is 1.79 bits per heavy atom. The van der Waals surface area contributed by atoms with Crippen LogP contribution in [0.5, 0.6) is 0 Å². The maximum Gasteiger partial charge on any atom is 0.340 e. The quantitative estimate of drug-likeness (QED) is 0.635.